The first-order chi connectivity index (χ1) is 12.6. The summed E-state index contributed by atoms with van der Waals surface area (Å²) in [4.78, 5) is 14.6. The van der Waals surface area contributed by atoms with E-state index in [1.54, 1.807) is 19.1 Å². The Labute approximate surface area is 157 Å². The summed E-state index contributed by atoms with van der Waals surface area (Å²) in [5.41, 5.74) is 0.888. The summed E-state index contributed by atoms with van der Waals surface area (Å²) in [6.45, 7) is 2.89. The zero-order valence-electron chi connectivity index (χ0n) is 16.4. The molecule has 0 spiro atoms. The molecule has 1 fully saturated rings. The van der Waals surface area contributed by atoms with Gasteiger partial charge in [-0.05, 0) is 30.0 Å². The standard InChI is InChI=1S/C21H33NO4/c1-16(17-7-5-4-6-8-17)13-21(24)22(11-12-23)15-18-14-19(25-2)9-10-20(18)26-3/h9-10,14,16-17,23H,4-8,11-13,15H2,1-3H3. The van der Waals surface area contributed by atoms with Crippen LogP contribution in [0.4, 0.5) is 0 Å². The monoisotopic (exact) mass is 363 g/mol. The summed E-state index contributed by atoms with van der Waals surface area (Å²) in [6.07, 6.45) is 6.89. The molecule has 0 radical (unpaired) electrons. The SMILES string of the molecule is COc1ccc(OC)c(CN(CCO)C(=O)CC(C)C2CCCCC2)c1. The molecular formula is C21H33NO4. The van der Waals surface area contributed by atoms with E-state index in [2.05, 4.69) is 6.92 Å². The number of aliphatic hydroxyl groups excluding tert-OH is 1. The van der Waals surface area contributed by atoms with Crippen LogP contribution in [-0.2, 0) is 11.3 Å². The van der Waals surface area contributed by atoms with Crippen LogP contribution < -0.4 is 9.47 Å². The molecule has 1 atom stereocenters. The maximum absolute atomic E-state index is 12.9. The van der Waals surface area contributed by atoms with Gasteiger partial charge in [0.1, 0.15) is 11.5 Å². The quantitative estimate of drug-likeness (QED) is 0.728. The molecule has 0 aromatic heterocycles. The average Bonchev–Trinajstić information content (AvgIpc) is 2.68. The van der Waals surface area contributed by atoms with Gasteiger partial charge in [-0.3, -0.25) is 4.79 Å². The fourth-order valence-electron chi connectivity index (χ4n) is 3.90. The van der Waals surface area contributed by atoms with Crippen LogP contribution >= 0.6 is 0 Å². The average molecular weight is 363 g/mol. The highest BCUT2D eigenvalue weighted by molar-refractivity contribution is 5.76. The lowest BCUT2D eigenvalue weighted by Crippen LogP contribution is -2.35. The van der Waals surface area contributed by atoms with E-state index in [9.17, 15) is 9.90 Å². The van der Waals surface area contributed by atoms with Crippen molar-refractivity contribution in [3.63, 3.8) is 0 Å². The molecular weight excluding hydrogens is 330 g/mol. The number of carbonyl (C=O) groups is 1. The van der Waals surface area contributed by atoms with Crippen LogP contribution in [0.5, 0.6) is 11.5 Å². The van der Waals surface area contributed by atoms with E-state index in [0.717, 1.165) is 17.1 Å². The molecule has 2 rings (SSSR count). The maximum Gasteiger partial charge on any atom is 0.223 e. The summed E-state index contributed by atoms with van der Waals surface area (Å²) in [5.74, 6) is 2.59. The Kier molecular flexibility index (Phi) is 8.23. The van der Waals surface area contributed by atoms with Gasteiger partial charge in [-0.2, -0.15) is 0 Å². The predicted octanol–water partition coefficient (Wildman–Crippen LogP) is 3.63. The summed E-state index contributed by atoms with van der Waals surface area (Å²) < 4.78 is 10.7. The number of amides is 1. The summed E-state index contributed by atoms with van der Waals surface area (Å²) in [7, 11) is 3.24. The zero-order chi connectivity index (χ0) is 18.9. The second kappa shape index (κ2) is 10.4. The maximum atomic E-state index is 12.9. The molecule has 1 aliphatic rings. The largest absolute Gasteiger partial charge is 0.497 e. The predicted molar refractivity (Wildman–Crippen MR) is 102 cm³/mol. The number of benzene rings is 1. The van der Waals surface area contributed by atoms with E-state index >= 15 is 0 Å². The van der Waals surface area contributed by atoms with Gasteiger partial charge in [-0.1, -0.05) is 39.0 Å². The van der Waals surface area contributed by atoms with Crippen molar-refractivity contribution in [2.75, 3.05) is 27.4 Å². The number of methoxy groups -OCH3 is 2. The molecule has 1 aromatic carbocycles. The molecule has 1 unspecified atom stereocenters. The number of hydrogen-bond donors (Lipinski definition) is 1. The lowest BCUT2D eigenvalue weighted by atomic mass is 9.79. The van der Waals surface area contributed by atoms with Crippen molar-refractivity contribution in [1.82, 2.24) is 4.90 Å². The first kappa shape index (κ1) is 20.6. The van der Waals surface area contributed by atoms with Crippen molar-refractivity contribution in [1.29, 1.82) is 0 Å². The first-order valence-corrected chi connectivity index (χ1v) is 9.68. The van der Waals surface area contributed by atoms with Gasteiger partial charge in [0, 0.05) is 25.1 Å². The normalized spacial score (nSPS) is 16.2. The molecule has 1 N–H and O–H groups in total. The van der Waals surface area contributed by atoms with Gasteiger partial charge in [-0.15, -0.1) is 0 Å². The van der Waals surface area contributed by atoms with Gasteiger partial charge in [0.25, 0.3) is 0 Å². The number of nitrogens with zero attached hydrogens (tertiary/aromatic N) is 1. The molecule has 0 heterocycles. The van der Waals surface area contributed by atoms with Crippen molar-refractivity contribution in [2.24, 2.45) is 11.8 Å². The number of carbonyl (C=O) groups excluding carboxylic acids is 1. The van der Waals surface area contributed by atoms with Crippen LogP contribution in [0.3, 0.4) is 0 Å². The van der Waals surface area contributed by atoms with Gasteiger partial charge >= 0.3 is 0 Å². The molecule has 146 valence electrons. The van der Waals surface area contributed by atoms with Gasteiger partial charge in [0.05, 0.1) is 20.8 Å². The van der Waals surface area contributed by atoms with E-state index in [0.29, 0.717) is 31.3 Å². The minimum atomic E-state index is -0.0458. The third kappa shape index (κ3) is 5.63. The number of ether oxygens (including phenoxy) is 2. The summed E-state index contributed by atoms with van der Waals surface area (Å²) in [6, 6.07) is 5.58. The van der Waals surface area contributed by atoms with Gasteiger partial charge in [-0.25, -0.2) is 0 Å². The number of hydrogen-bond acceptors (Lipinski definition) is 4. The van der Waals surface area contributed by atoms with Gasteiger partial charge in [0.2, 0.25) is 5.91 Å². The molecule has 1 aromatic rings. The van der Waals surface area contributed by atoms with Crippen molar-refractivity contribution < 1.29 is 19.4 Å². The molecule has 1 amide bonds. The molecule has 1 aliphatic carbocycles. The van der Waals surface area contributed by atoms with Gasteiger partial charge in [0.15, 0.2) is 0 Å². The van der Waals surface area contributed by atoms with E-state index in [4.69, 9.17) is 9.47 Å². The van der Waals surface area contributed by atoms with E-state index in [1.165, 1.54) is 32.1 Å². The van der Waals surface area contributed by atoms with Crippen molar-refractivity contribution in [3.05, 3.63) is 23.8 Å². The minimum Gasteiger partial charge on any atom is -0.497 e. The second-order valence-corrected chi connectivity index (χ2v) is 7.30. The Morgan fingerprint density at radius 2 is 1.96 bits per heavy atom. The van der Waals surface area contributed by atoms with Crippen LogP contribution in [0, 0.1) is 11.8 Å². The lowest BCUT2D eigenvalue weighted by Gasteiger charge is -2.30. The third-order valence-corrected chi connectivity index (χ3v) is 5.52. The Bertz CT molecular complexity index is 569. The van der Waals surface area contributed by atoms with Crippen LogP contribution in [0.2, 0.25) is 0 Å². The highest BCUT2D eigenvalue weighted by Gasteiger charge is 2.25. The molecule has 26 heavy (non-hydrogen) atoms. The summed E-state index contributed by atoms with van der Waals surface area (Å²) in [5, 5.41) is 9.42. The van der Waals surface area contributed by atoms with Crippen LogP contribution in [-0.4, -0.2) is 43.3 Å². The molecule has 1 saturated carbocycles. The number of rotatable bonds is 9. The molecule has 0 aliphatic heterocycles. The van der Waals surface area contributed by atoms with E-state index in [1.807, 2.05) is 18.2 Å². The van der Waals surface area contributed by atoms with E-state index in [-0.39, 0.29) is 12.5 Å². The van der Waals surface area contributed by atoms with Gasteiger partial charge < -0.3 is 19.5 Å². The Hall–Kier alpha value is -1.75. The first-order valence-electron chi connectivity index (χ1n) is 9.68. The van der Waals surface area contributed by atoms with Crippen LogP contribution in [0.25, 0.3) is 0 Å². The van der Waals surface area contributed by atoms with Crippen LogP contribution in [0.1, 0.15) is 51.0 Å². The Morgan fingerprint density at radius 1 is 1.23 bits per heavy atom. The molecule has 0 bridgehead atoms. The third-order valence-electron chi connectivity index (χ3n) is 5.52. The van der Waals surface area contributed by atoms with Crippen LogP contribution in [0.15, 0.2) is 18.2 Å². The fraction of sp³-hybridized carbons (Fsp3) is 0.667. The molecule has 0 saturated heterocycles. The zero-order valence-corrected chi connectivity index (χ0v) is 16.4. The Morgan fingerprint density at radius 3 is 2.58 bits per heavy atom. The number of aliphatic hydroxyl groups is 1. The smallest absolute Gasteiger partial charge is 0.223 e. The van der Waals surface area contributed by atoms with Crippen molar-refractivity contribution in [2.45, 2.75) is 52.0 Å². The lowest BCUT2D eigenvalue weighted by molar-refractivity contribution is -0.133. The fourth-order valence-corrected chi connectivity index (χ4v) is 3.90. The highest BCUT2D eigenvalue weighted by Crippen LogP contribution is 2.32. The topological polar surface area (TPSA) is 59.0 Å². The molecule has 5 heteroatoms. The molecule has 5 nitrogen and oxygen atoms in total. The van der Waals surface area contributed by atoms with Crippen molar-refractivity contribution in [3.8, 4) is 11.5 Å². The summed E-state index contributed by atoms with van der Waals surface area (Å²) >= 11 is 0. The minimum absolute atomic E-state index is 0.0458. The second-order valence-electron chi connectivity index (χ2n) is 7.30. The highest BCUT2D eigenvalue weighted by atomic mass is 16.5. The van der Waals surface area contributed by atoms with Crippen molar-refractivity contribution >= 4 is 5.91 Å². The Balaban J connectivity index is 2.06. The van der Waals surface area contributed by atoms with E-state index < -0.39 is 0 Å².